The number of hydrogen-bond donors (Lipinski definition) is 1. The van der Waals surface area contributed by atoms with Crippen molar-refractivity contribution >= 4 is 17.7 Å². The van der Waals surface area contributed by atoms with E-state index in [0.29, 0.717) is 38.4 Å². The first kappa shape index (κ1) is 21.8. The van der Waals surface area contributed by atoms with Crippen LogP contribution in [0.3, 0.4) is 0 Å². The fourth-order valence-corrected chi connectivity index (χ4v) is 4.37. The van der Waals surface area contributed by atoms with Crippen LogP contribution in [-0.4, -0.2) is 64.3 Å². The highest BCUT2D eigenvalue weighted by molar-refractivity contribution is 5.94. The van der Waals surface area contributed by atoms with E-state index in [1.54, 1.807) is 34.2 Å². The molecule has 4 rings (SSSR count). The van der Waals surface area contributed by atoms with E-state index in [2.05, 4.69) is 10.3 Å². The van der Waals surface area contributed by atoms with E-state index in [4.69, 9.17) is 4.74 Å². The molecule has 3 amide bonds. The maximum absolute atomic E-state index is 13.3. The molecule has 8 nitrogen and oxygen atoms in total. The van der Waals surface area contributed by atoms with Crippen LogP contribution in [0.15, 0.2) is 54.7 Å². The third kappa shape index (κ3) is 5.07. The molecule has 3 heterocycles. The summed E-state index contributed by atoms with van der Waals surface area (Å²) in [4.78, 5) is 46.2. The number of likely N-dealkylation sites (tertiary alicyclic amines) is 2. The van der Waals surface area contributed by atoms with Gasteiger partial charge in [0, 0.05) is 31.9 Å². The molecule has 0 bridgehead atoms. The van der Waals surface area contributed by atoms with Gasteiger partial charge in [-0.25, -0.2) is 9.78 Å². The highest BCUT2D eigenvalue weighted by Gasteiger charge is 2.42. The SMILES string of the molecule is O=C(COc1ccccn1)[C@@H]1CCCN1C(=O)[C@H]1CCCN1C(=O)NCc1ccccc1. The van der Waals surface area contributed by atoms with E-state index in [1.165, 1.54) is 0 Å². The van der Waals surface area contributed by atoms with Gasteiger partial charge >= 0.3 is 6.03 Å². The number of amides is 3. The summed E-state index contributed by atoms with van der Waals surface area (Å²) < 4.78 is 5.49. The summed E-state index contributed by atoms with van der Waals surface area (Å²) in [6, 6.07) is 13.6. The van der Waals surface area contributed by atoms with Gasteiger partial charge in [-0.15, -0.1) is 0 Å². The van der Waals surface area contributed by atoms with Gasteiger partial charge in [-0.2, -0.15) is 0 Å². The van der Waals surface area contributed by atoms with Gasteiger partial charge in [0.25, 0.3) is 0 Å². The number of aromatic nitrogens is 1. The molecule has 0 aliphatic carbocycles. The summed E-state index contributed by atoms with van der Waals surface area (Å²) in [7, 11) is 0. The summed E-state index contributed by atoms with van der Waals surface area (Å²) >= 11 is 0. The van der Waals surface area contributed by atoms with Crippen LogP contribution in [0.4, 0.5) is 4.79 Å². The fraction of sp³-hybridized carbons (Fsp3) is 0.417. The Morgan fingerprint density at radius 1 is 0.938 bits per heavy atom. The summed E-state index contributed by atoms with van der Waals surface area (Å²) in [5, 5.41) is 2.91. The van der Waals surface area contributed by atoms with Gasteiger partial charge in [0.15, 0.2) is 12.4 Å². The van der Waals surface area contributed by atoms with Gasteiger partial charge in [0.05, 0.1) is 6.04 Å². The number of pyridine rings is 1. The third-order valence-electron chi connectivity index (χ3n) is 5.99. The van der Waals surface area contributed by atoms with Gasteiger partial charge in [-0.05, 0) is 37.3 Å². The topological polar surface area (TPSA) is 91.8 Å². The standard InChI is InChI=1S/C24H28N4O4/c29-21(17-32-22-12-4-5-13-25-22)19-10-6-14-27(19)23(30)20-11-7-15-28(20)24(31)26-16-18-8-2-1-3-9-18/h1-5,8-9,12-13,19-20H,6-7,10-11,14-17H2,(H,26,31)/t19-,20+/m0/s1. The lowest BCUT2D eigenvalue weighted by Gasteiger charge is -2.31. The van der Waals surface area contributed by atoms with Crippen LogP contribution in [0.1, 0.15) is 31.2 Å². The average molecular weight is 437 g/mol. The van der Waals surface area contributed by atoms with Crippen molar-refractivity contribution in [3.63, 3.8) is 0 Å². The van der Waals surface area contributed by atoms with Gasteiger partial charge in [-0.3, -0.25) is 9.59 Å². The van der Waals surface area contributed by atoms with Crippen molar-refractivity contribution in [2.45, 2.75) is 44.3 Å². The van der Waals surface area contributed by atoms with E-state index in [9.17, 15) is 14.4 Å². The predicted octanol–water partition coefficient (Wildman–Crippen LogP) is 2.39. The number of Topliss-reactive ketones (excluding diaryl/α,β-unsaturated/α-hetero) is 1. The molecule has 1 aromatic carbocycles. The lowest BCUT2D eigenvalue weighted by molar-refractivity contribution is -0.141. The maximum Gasteiger partial charge on any atom is 0.318 e. The Morgan fingerprint density at radius 2 is 1.66 bits per heavy atom. The van der Waals surface area contributed by atoms with E-state index in [0.717, 1.165) is 18.4 Å². The number of rotatable bonds is 7. The molecular weight excluding hydrogens is 408 g/mol. The molecule has 2 fully saturated rings. The van der Waals surface area contributed by atoms with Crippen LogP contribution < -0.4 is 10.1 Å². The largest absolute Gasteiger partial charge is 0.470 e. The van der Waals surface area contributed by atoms with Crippen LogP contribution in [0.2, 0.25) is 0 Å². The van der Waals surface area contributed by atoms with Crippen molar-refractivity contribution in [2.75, 3.05) is 19.7 Å². The second-order valence-corrected chi connectivity index (χ2v) is 8.11. The second kappa shape index (κ2) is 10.3. The van der Waals surface area contributed by atoms with Crippen molar-refractivity contribution in [1.29, 1.82) is 0 Å². The predicted molar refractivity (Wildman–Crippen MR) is 118 cm³/mol. The molecular formula is C24H28N4O4. The molecule has 2 atom stereocenters. The molecule has 0 radical (unpaired) electrons. The van der Waals surface area contributed by atoms with Gasteiger partial charge in [-0.1, -0.05) is 36.4 Å². The Morgan fingerprint density at radius 3 is 2.41 bits per heavy atom. The lowest BCUT2D eigenvalue weighted by atomic mass is 10.1. The summed E-state index contributed by atoms with van der Waals surface area (Å²) in [5.41, 5.74) is 1.00. The number of ether oxygens (including phenoxy) is 1. The van der Waals surface area contributed by atoms with E-state index in [-0.39, 0.29) is 24.3 Å². The summed E-state index contributed by atoms with van der Waals surface area (Å²) in [6.45, 7) is 1.34. The molecule has 1 N–H and O–H groups in total. The molecule has 2 saturated heterocycles. The quantitative estimate of drug-likeness (QED) is 0.720. The minimum atomic E-state index is -0.532. The number of urea groups is 1. The minimum absolute atomic E-state index is 0.128. The number of hydrogen-bond acceptors (Lipinski definition) is 5. The Bertz CT molecular complexity index is 862. The van der Waals surface area contributed by atoms with Gasteiger partial charge < -0.3 is 19.9 Å². The van der Waals surface area contributed by atoms with Crippen molar-refractivity contribution in [2.24, 2.45) is 0 Å². The van der Waals surface area contributed by atoms with Crippen molar-refractivity contribution in [3.8, 4) is 5.88 Å². The molecule has 2 aliphatic rings. The molecule has 32 heavy (non-hydrogen) atoms. The van der Waals surface area contributed by atoms with E-state index >= 15 is 0 Å². The highest BCUT2D eigenvalue weighted by Crippen LogP contribution is 2.25. The number of carbonyl (C=O) groups is 3. The summed E-state index contributed by atoms with van der Waals surface area (Å²) in [5.74, 6) is 0.0967. The monoisotopic (exact) mass is 436 g/mol. The van der Waals surface area contributed by atoms with Gasteiger partial charge in [0.1, 0.15) is 6.04 Å². The number of nitrogens with zero attached hydrogens (tertiary/aromatic N) is 3. The van der Waals surface area contributed by atoms with Crippen LogP contribution in [0.25, 0.3) is 0 Å². The Kier molecular flexibility index (Phi) is 6.99. The smallest absolute Gasteiger partial charge is 0.318 e. The van der Waals surface area contributed by atoms with E-state index < -0.39 is 12.1 Å². The zero-order valence-corrected chi connectivity index (χ0v) is 18.0. The number of benzene rings is 1. The van der Waals surface area contributed by atoms with Crippen LogP contribution >= 0.6 is 0 Å². The Labute approximate surface area is 187 Å². The van der Waals surface area contributed by atoms with Crippen LogP contribution in [0.5, 0.6) is 5.88 Å². The zero-order valence-electron chi connectivity index (χ0n) is 18.0. The van der Waals surface area contributed by atoms with Crippen molar-refractivity contribution in [3.05, 3.63) is 60.3 Å². The Balaban J connectivity index is 1.35. The highest BCUT2D eigenvalue weighted by atomic mass is 16.5. The first-order chi connectivity index (χ1) is 15.6. The van der Waals surface area contributed by atoms with Crippen LogP contribution in [0, 0.1) is 0 Å². The number of nitrogens with one attached hydrogen (secondary N) is 1. The maximum atomic E-state index is 13.3. The average Bonchev–Trinajstić information content (AvgIpc) is 3.52. The first-order valence-electron chi connectivity index (χ1n) is 11.1. The molecule has 2 aromatic rings. The van der Waals surface area contributed by atoms with Crippen molar-refractivity contribution in [1.82, 2.24) is 20.1 Å². The number of ketones is 1. The molecule has 1 aromatic heterocycles. The molecule has 8 heteroatoms. The second-order valence-electron chi connectivity index (χ2n) is 8.11. The minimum Gasteiger partial charge on any atom is -0.470 e. The lowest BCUT2D eigenvalue weighted by Crippen LogP contribution is -2.53. The fourth-order valence-electron chi connectivity index (χ4n) is 4.37. The molecule has 0 spiro atoms. The van der Waals surface area contributed by atoms with E-state index in [1.807, 2.05) is 30.3 Å². The molecule has 168 valence electrons. The normalized spacial score (nSPS) is 20.2. The van der Waals surface area contributed by atoms with Crippen LogP contribution in [-0.2, 0) is 16.1 Å². The molecule has 0 saturated carbocycles. The van der Waals surface area contributed by atoms with Crippen molar-refractivity contribution < 1.29 is 19.1 Å². The summed E-state index contributed by atoms with van der Waals surface area (Å²) in [6.07, 6.45) is 4.36. The third-order valence-corrected chi connectivity index (χ3v) is 5.99. The number of carbonyl (C=O) groups excluding carboxylic acids is 3. The van der Waals surface area contributed by atoms with Gasteiger partial charge in [0.2, 0.25) is 11.8 Å². The zero-order chi connectivity index (χ0) is 22.3. The Hall–Kier alpha value is -3.42. The first-order valence-corrected chi connectivity index (χ1v) is 11.1. The molecule has 0 unspecified atom stereocenters. The molecule has 2 aliphatic heterocycles.